The zero-order valence-corrected chi connectivity index (χ0v) is 11.5. The van der Waals surface area contributed by atoms with Gasteiger partial charge in [-0.3, -0.25) is 0 Å². The van der Waals surface area contributed by atoms with Gasteiger partial charge in [0, 0.05) is 12.0 Å². The van der Waals surface area contributed by atoms with Crippen molar-refractivity contribution in [2.75, 3.05) is 20.3 Å². The number of fused-ring (bicyclic) bond motifs is 1. The van der Waals surface area contributed by atoms with Gasteiger partial charge >= 0.3 is 5.97 Å². The molecule has 0 fully saturated rings. The Morgan fingerprint density at radius 2 is 1.79 bits per heavy atom. The normalized spacial score (nSPS) is 12.7. The third-order valence-electron chi connectivity index (χ3n) is 2.96. The molecule has 1 aliphatic carbocycles. The maximum Gasteiger partial charge on any atom is 0.334 e. The van der Waals surface area contributed by atoms with Gasteiger partial charge in [0.15, 0.2) is 11.5 Å². The van der Waals surface area contributed by atoms with Crippen molar-refractivity contribution in [3.8, 4) is 11.5 Å². The molecular weight excluding hydrogens is 244 g/mol. The van der Waals surface area contributed by atoms with Crippen LogP contribution in [0.25, 0.3) is 6.08 Å². The lowest BCUT2D eigenvalue weighted by Gasteiger charge is -2.12. The molecule has 1 aromatic carbocycles. The van der Waals surface area contributed by atoms with Crippen LogP contribution in [-0.2, 0) is 16.0 Å². The van der Waals surface area contributed by atoms with E-state index in [4.69, 9.17) is 14.2 Å². The molecule has 0 amide bonds. The molecule has 0 N–H and O–H groups in total. The Morgan fingerprint density at radius 1 is 1.16 bits per heavy atom. The number of hydrogen-bond donors (Lipinski definition) is 0. The van der Waals surface area contributed by atoms with Crippen molar-refractivity contribution >= 4 is 12.0 Å². The van der Waals surface area contributed by atoms with Crippen LogP contribution < -0.4 is 9.47 Å². The fourth-order valence-corrected chi connectivity index (χ4v) is 2.15. The van der Waals surface area contributed by atoms with Gasteiger partial charge in [-0.1, -0.05) is 0 Å². The number of hydrogen-bond acceptors (Lipinski definition) is 4. The van der Waals surface area contributed by atoms with Crippen LogP contribution in [0.3, 0.4) is 0 Å². The van der Waals surface area contributed by atoms with Gasteiger partial charge in [0.1, 0.15) is 0 Å². The van der Waals surface area contributed by atoms with Gasteiger partial charge in [-0.15, -0.1) is 0 Å². The minimum absolute atomic E-state index is 0.285. The van der Waals surface area contributed by atoms with Gasteiger partial charge in [0.25, 0.3) is 0 Å². The van der Waals surface area contributed by atoms with Crippen molar-refractivity contribution < 1.29 is 19.0 Å². The van der Waals surface area contributed by atoms with E-state index >= 15 is 0 Å². The minimum atomic E-state index is -0.285. The van der Waals surface area contributed by atoms with E-state index in [2.05, 4.69) is 0 Å². The van der Waals surface area contributed by atoms with Gasteiger partial charge in [0.05, 0.1) is 20.3 Å². The Kier molecular flexibility index (Phi) is 4.10. The van der Waals surface area contributed by atoms with E-state index in [0.717, 1.165) is 16.9 Å². The summed E-state index contributed by atoms with van der Waals surface area (Å²) in [6.07, 6.45) is 2.42. The fourth-order valence-electron chi connectivity index (χ4n) is 2.15. The summed E-state index contributed by atoms with van der Waals surface area (Å²) < 4.78 is 15.9. The second kappa shape index (κ2) is 5.78. The second-order valence-electron chi connectivity index (χ2n) is 4.20. The largest absolute Gasteiger partial charge is 0.490 e. The zero-order valence-electron chi connectivity index (χ0n) is 11.5. The molecule has 0 aliphatic heterocycles. The van der Waals surface area contributed by atoms with Gasteiger partial charge in [-0.2, -0.15) is 0 Å². The number of benzene rings is 1. The smallest absolute Gasteiger partial charge is 0.334 e. The first-order valence-corrected chi connectivity index (χ1v) is 6.41. The summed E-state index contributed by atoms with van der Waals surface area (Å²) in [5.41, 5.74) is 2.72. The van der Waals surface area contributed by atoms with Gasteiger partial charge in [0.2, 0.25) is 0 Å². The summed E-state index contributed by atoms with van der Waals surface area (Å²) in [7, 11) is 1.39. The highest BCUT2D eigenvalue weighted by atomic mass is 16.5. The van der Waals surface area contributed by atoms with Crippen molar-refractivity contribution in [3.05, 3.63) is 28.8 Å². The Labute approximate surface area is 113 Å². The van der Waals surface area contributed by atoms with E-state index in [-0.39, 0.29) is 5.97 Å². The molecule has 0 radical (unpaired) electrons. The van der Waals surface area contributed by atoms with Gasteiger partial charge in [-0.25, -0.2) is 4.79 Å². The number of ether oxygens (including phenoxy) is 3. The molecule has 0 heterocycles. The van der Waals surface area contributed by atoms with Crippen molar-refractivity contribution in [3.63, 3.8) is 0 Å². The zero-order chi connectivity index (χ0) is 13.8. The molecule has 0 atom stereocenters. The summed E-state index contributed by atoms with van der Waals surface area (Å²) in [6.45, 7) is 5.02. The van der Waals surface area contributed by atoms with Crippen LogP contribution in [0, 0.1) is 0 Å². The van der Waals surface area contributed by atoms with Gasteiger partial charge in [-0.05, 0) is 43.2 Å². The summed E-state index contributed by atoms with van der Waals surface area (Å²) >= 11 is 0. The molecule has 2 rings (SSSR count). The molecule has 1 aliphatic rings. The van der Waals surface area contributed by atoms with E-state index in [1.807, 2.05) is 32.1 Å². The van der Waals surface area contributed by atoms with Crippen LogP contribution in [0.5, 0.6) is 11.5 Å². The molecule has 0 aromatic heterocycles. The Morgan fingerprint density at radius 3 is 2.37 bits per heavy atom. The lowest BCUT2D eigenvalue weighted by molar-refractivity contribution is -0.136. The fraction of sp³-hybridized carbons (Fsp3) is 0.400. The summed E-state index contributed by atoms with van der Waals surface area (Å²) in [5, 5.41) is 0. The molecule has 0 spiro atoms. The first kappa shape index (κ1) is 13.5. The number of methoxy groups -OCH3 is 1. The van der Waals surface area contributed by atoms with E-state index in [1.165, 1.54) is 7.11 Å². The quantitative estimate of drug-likeness (QED) is 0.765. The Hall–Kier alpha value is -1.97. The minimum Gasteiger partial charge on any atom is -0.490 e. The summed E-state index contributed by atoms with van der Waals surface area (Å²) in [6, 6.07) is 3.86. The maximum absolute atomic E-state index is 11.6. The molecule has 0 unspecified atom stereocenters. The van der Waals surface area contributed by atoms with Crippen molar-refractivity contribution in [1.82, 2.24) is 0 Å². The molecule has 19 heavy (non-hydrogen) atoms. The second-order valence-corrected chi connectivity index (χ2v) is 4.20. The SMILES string of the molecule is CCOc1cc2c(cc1OCC)CC(C(=O)OC)=C2. The topological polar surface area (TPSA) is 44.8 Å². The molecular formula is C15H18O4. The van der Waals surface area contributed by atoms with Crippen LogP contribution >= 0.6 is 0 Å². The van der Waals surface area contributed by atoms with Crippen molar-refractivity contribution in [2.24, 2.45) is 0 Å². The first-order chi connectivity index (χ1) is 9.19. The molecule has 1 aromatic rings. The highest BCUT2D eigenvalue weighted by Crippen LogP contribution is 2.36. The van der Waals surface area contributed by atoms with Crippen LogP contribution in [0.15, 0.2) is 17.7 Å². The van der Waals surface area contributed by atoms with Gasteiger partial charge < -0.3 is 14.2 Å². The standard InChI is InChI=1S/C15H18O4/c1-4-18-13-8-10-6-12(15(16)17-3)7-11(10)9-14(13)19-5-2/h6,8-9H,4-5,7H2,1-3H3. The van der Waals surface area contributed by atoms with Crippen LogP contribution in [0.4, 0.5) is 0 Å². The predicted octanol–water partition coefficient (Wildman–Crippen LogP) is 2.60. The average molecular weight is 262 g/mol. The third kappa shape index (κ3) is 2.72. The van der Waals surface area contributed by atoms with E-state index in [0.29, 0.717) is 31.0 Å². The monoisotopic (exact) mass is 262 g/mol. The van der Waals surface area contributed by atoms with E-state index in [9.17, 15) is 4.79 Å². The van der Waals surface area contributed by atoms with Crippen LogP contribution in [-0.4, -0.2) is 26.3 Å². The number of esters is 1. The average Bonchev–Trinajstić information content (AvgIpc) is 2.81. The number of carbonyl (C=O) groups excluding carboxylic acids is 1. The van der Waals surface area contributed by atoms with Crippen molar-refractivity contribution in [1.29, 1.82) is 0 Å². The summed E-state index contributed by atoms with van der Waals surface area (Å²) in [5.74, 6) is 1.15. The van der Waals surface area contributed by atoms with Crippen molar-refractivity contribution in [2.45, 2.75) is 20.3 Å². The predicted molar refractivity (Wildman–Crippen MR) is 72.5 cm³/mol. The Balaban J connectivity index is 2.34. The lowest BCUT2D eigenvalue weighted by atomic mass is 10.1. The lowest BCUT2D eigenvalue weighted by Crippen LogP contribution is -2.04. The van der Waals surface area contributed by atoms with Crippen LogP contribution in [0.1, 0.15) is 25.0 Å². The molecule has 0 saturated heterocycles. The molecule has 0 bridgehead atoms. The molecule has 4 heteroatoms. The first-order valence-electron chi connectivity index (χ1n) is 6.41. The summed E-state index contributed by atoms with van der Waals surface area (Å²) in [4.78, 5) is 11.6. The van der Waals surface area contributed by atoms with E-state index in [1.54, 1.807) is 0 Å². The molecule has 0 saturated carbocycles. The number of carbonyl (C=O) groups is 1. The third-order valence-corrected chi connectivity index (χ3v) is 2.96. The van der Waals surface area contributed by atoms with Crippen LogP contribution in [0.2, 0.25) is 0 Å². The highest BCUT2D eigenvalue weighted by Gasteiger charge is 2.21. The highest BCUT2D eigenvalue weighted by molar-refractivity contribution is 5.96. The molecule has 102 valence electrons. The molecule has 4 nitrogen and oxygen atoms in total. The van der Waals surface area contributed by atoms with E-state index < -0.39 is 0 Å². The Bertz CT molecular complexity index is 517. The maximum atomic E-state index is 11.6. The number of rotatable bonds is 5.